The van der Waals surface area contributed by atoms with Crippen molar-refractivity contribution >= 4 is 15.9 Å². The normalized spacial score (nSPS) is 12.9. The van der Waals surface area contributed by atoms with Gasteiger partial charge in [0.1, 0.15) is 0 Å². The fourth-order valence-corrected chi connectivity index (χ4v) is 1.48. The van der Waals surface area contributed by atoms with Gasteiger partial charge in [0.25, 0.3) is 0 Å². The van der Waals surface area contributed by atoms with Gasteiger partial charge >= 0.3 is 0 Å². The third kappa shape index (κ3) is 2.06. The number of alkyl halides is 1. The van der Waals surface area contributed by atoms with Gasteiger partial charge in [0.2, 0.25) is 0 Å². The molecule has 1 atom stereocenters. The molecule has 0 aromatic heterocycles. The molecule has 0 aliphatic carbocycles. The number of hydrogen-bond donors (Lipinski definition) is 2. The van der Waals surface area contributed by atoms with E-state index in [1.165, 1.54) is 0 Å². The van der Waals surface area contributed by atoms with Crippen LogP contribution in [-0.4, -0.2) is 10.4 Å². The van der Waals surface area contributed by atoms with Gasteiger partial charge in [-0.3, -0.25) is 0 Å². The van der Waals surface area contributed by atoms with Crippen molar-refractivity contribution in [2.24, 2.45) is 5.73 Å². The highest BCUT2D eigenvalue weighted by Crippen LogP contribution is 2.18. The number of halogens is 1. The topological polar surface area (TPSA) is 46.2 Å². The van der Waals surface area contributed by atoms with Crippen LogP contribution in [0.1, 0.15) is 17.2 Å². The molecule has 0 saturated heterocycles. The Morgan fingerprint density at radius 1 is 1.42 bits per heavy atom. The average Bonchev–Trinajstić information content (AvgIpc) is 2.16. The standard InChI is InChI=1S/C9H12BrNO/c10-5-9(12)8-4-2-1-3-7(8)6-11/h1-4,9,12H,5-6,11H2. The number of benzene rings is 1. The van der Waals surface area contributed by atoms with E-state index in [0.29, 0.717) is 11.9 Å². The molecule has 0 bridgehead atoms. The van der Waals surface area contributed by atoms with E-state index >= 15 is 0 Å². The van der Waals surface area contributed by atoms with Gasteiger partial charge in [0.15, 0.2) is 0 Å². The van der Waals surface area contributed by atoms with Gasteiger partial charge in [-0.2, -0.15) is 0 Å². The summed E-state index contributed by atoms with van der Waals surface area (Å²) >= 11 is 3.22. The molecule has 0 spiro atoms. The number of aliphatic hydroxyl groups is 1. The van der Waals surface area contributed by atoms with Crippen molar-refractivity contribution in [2.45, 2.75) is 12.6 Å². The summed E-state index contributed by atoms with van der Waals surface area (Å²) in [5, 5.41) is 10.1. The lowest BCUT2D eigenvalue weighted by molar-refractivity contribution is 0.204. The summed E-state index contributed by atoms with van der Waals surface area (Å²) in [6, 6.07) is 7.66. The molecule has 1 aromatic rings. The predicted molar refractivity (Wildman–Crippen MR) is 53.1 cm³/mol. The van der Waals surface area contributed by atoms with Crippen LogP contribution in [0.5, 0.6) is 0 Å². The fourth-order valence-electron chi connectivity index (χ4n) is 1.13. The third-order valence-electron chi connectivity index (χ3n) is 1.78. The van der Waals surface area contributed by atoms with Gasteiger partial charge in [-0.15, -0.1) is 0 Å². The maximum Gasteiger partial charge on any atom is 0.0889 e. The molecule has 0 radical (unpaired) electrons. The first-order valence-electron chi connectivity index (χ1n) is 3.81. The van der Waals surface area contributed by atoms with E-state index in [4.69, 9.17) is 5.73 Å². The van der Waals surface area contributed by atoms with Crippen molar-refractivity contribution in [2.75, 3.05) is 5.33 Å². The minimum atomic E-state index is -0.454. The molecular weight excluding hydrogens is 218 g/mol. The van der Waals surface area contributed by atoms with Crippen molar-refractivity contribution in [3.8, 4) is 0 Å². The van der Waals surface area contributed by atoms with Crippen LogP contribution in [0.4, 0.5) is 0 Å². The second-order valence-electron chi connectivity index (χ2n) is 2.57. The Morgan fingerprint density at radius 2 is 2.08 bits per heavy atom. The number of hydrogen-bond acceptors (Lipinski definition) is 2. The smallest absolute Gasteiger partial charge is 0.0889 e. The molecule has 1 unspecified atom stereocenters. The quantitative estimate of drug-likeness (QED) is 0.774. The first-order valence-corrected chi connectivity index (χ1v) is 4.93. The van der Waals surface area contributed by atoms with Crippen LogP contribution in [0.15, 0.2) is 24.3 Å². The monoisotopic (exact) mass is 229 g/mol. The highest BCUT2D eigenvalue weighted by molar-refractivity contribution is 9.09. The average molecular weight is 230 g/mol. The van der Waals surface area contributed by atoms with Gasteiger partial charge in [0, 0.05) is 11.9 Å². The molecule has 0 fully saturated rings. The van der Waals surface area contributed by atoms with E-state index in [-0.39, 0.29) is 0 Å². The second-order valence-corrected chi connectivity index (χ2v) is 3.22. The van der Waals surface area contributed by atoms with E-state index in [1.54, 1.807) is 0 Å². The summed E-state index contributed by atoms with van der Waals surface area (Å²) in [4.78, 5) is 0. The molecule has 0 amide bonds. The van der Waals surface area contributed by atoms with Gasteiger partial charge in [-0.05, 0) is 11.1 Å². The highest BCUT2D eigenvalue weighted by atomic mass is 79.9. The molecule has 0 heterocycles. The van der Waals surface area contributed by atoms with Crippen molar-refractivity contribution in [3.05, 3.63) is 35.4 Å². The Hall–Kier alpha value is -0.380. The van der Waals surface area contributed by atoms with Gasteiger partial charge < -0.3 is 10.8 Å². The SMILES string of the molecule is NCc1ccccc1C(O)CBr. The second kappa shape index (κ2) is 4.60. The largest absolute Gasteiger partial charge is 0.388 e. The van der Waals surface area contributed by atoms with Crippen molar-refractivity contribution in [3.63, 3.8) is 0 Å². The summed E-state index contributed by atoms with van der Waals surface area (Å²) in [6.07, 6.45) is -0.454. The summed E-state index contributed by atoms with van der Waals surface area (Å²) < 4.78 is 0. The molecule has 0 aliphatic heterocycles. The van der Waals surface area contributed by atoms with Crippen LogP contribution < -0.4 is 5.73 Å². The van der Waals surface area contributed by atoms with Crippen molar-refractivity contribution in [1.82, 2.24) is 0 Å². The van der Waals surface area contributed by atoms with Crippen LogP contribution >= 0.6 is 15.9 Å². The van der Waals surface area contributed by atoms with Crippen LogP contribution in [0, 0.1) is 0 Å². The highest BCUT2D eigenvalue weighted by Gasteiger charge is 2.08. The van der Waals surface area contributed by atoms with Crippen LogP contribution in [-0.2, 0) is 6.54 Å². The van der Waals surface area contributed by atoms with Crippen LogP contribution in [0.25, 0.3) is 0 Å². The molecule has 1 aromatic carbocycles. The maximum atomic E-state index is 9.54. The summed E-state index contributed by atoms with van der Waals surface area (Å²) in [5.74, 6) is 0. The van der Waals surface area contributed by atoms with Gasteiger partial charge in [0.05, 0.1) is 6.10 Å². The zero-order valence-electron chi connectivity index (χ0n) is 6.70. The number of aliphatic hydroxyl groups excluding tert-OH is 1. The number of rotatable bonds is 3. The Labute approximate surface area is 80.5 Å². The predicted octanol–water partition coefficient (Wildman–Crippen LogP) is 1.57. The summed E-state index contributed by atoms with van der Waals surface area (Å²) in [6.45, 7) is 0.472. The maximum absolute atomic E-state index is 9.54. The Kier molecular flexibility index (Phi) is 3.72. The lowest BCUT2D eigenvalue weighted by Gasteiger charge is -2.11. The van der Waals surface area contributed by atoms with E-state index in [1.807, 2.05) is 24.3 Å². The van der Waals surface area contributed by atoms with E-state index in [0.717, 1.165) is 11.1 Å². The van der Waals surface area contributed by atoms with Crippen LogP contribution in [0.3, 0.4) is 0 Å². The molecule has 0 saturated carbocycles. The molecule has 2 nitrogen and oxygen atoms in total. The molecule has 1 rings (SSSR count). The van der Waals surface area contributed by atoms with E-state index in [9.17, 15) is 5.11 Å². The van der Waals surface area contributed by atoms with Crippen LogP contribution in [0.2, 0.25) is 0 Å². The summed E-state index contributed by atoms with van der Waals surface area (Å²) in [5.41, 5.74) is 7.43. The van der Waals surface area contributed by atoms with E-state index in [2.05, 4.69) is 15.9 Å². The van der Waals surface area contributed by atoms with Gasteiger partial charge in [-0.1, -0.05) is 40.2 Å². The van der Waals surface area contributed by atoms with Crippen molar-refractivity contribution < 1.29 is 5.11 Å². The lowest BCUT2D eigenvalue weighted by atomic mass is 10.0. The zero-order valence-corrected chi connectivity index (χ0v) is 8.29. The van der Waals surface area contributed by atoms with Crippen molar-refractivity contribution in [1.29, 1.82) is 0 Å². The lowest BCUT2D eigenvalue weighted by Crippen LogP contribution is -2.06. The molecule has 12 heavy (non-hydrogen) atoms. The molecular formula is C9H12BrNO. The van der Waals surface area contributed by atoms with Gasteiger partial charge in [-0.25, -0.2) is 0 Å². The molecule has 3 heteroatoms. The minimum absolute atomic E-state index is 0.454. The Bertz CT molecular complexity index is 252. The number of nitrogens with two attached hydrogens (primary N) is 1. The first kappa shape index (κ1) is 9.71. The molecule has 0 aliphatic rings. The Balaban J connectivity index is 2.96. The zero-order chi connectivity index (χ0) is 8.97. The molecule has 3 N–H and O–H groups in total. The summed E-state index contributed by atoms with van der Waals surface area (Å²) in [7, 11) is 0. The molecule has 66 valence electrons. The Morgan fingerprint density at radius 3 is 2.67 bits per heavy atom. The van der Waals surface area contributed by atoms with E-state index < -0.39 is 6.10 Å². The first-order chi connectivity index (χ1) is 5.79. The fraction of sp³-hybridized carbons (Fsp3) is 0.333. The minimum Gasteiger partial charge on any atom is -0.388 e. The third-order valence-corrected chi connectivity index (χ3v) is 2.39.